The lowest BCUT2D eigenvalue weighted by atomic mass is 9.96. The molecule has 1 heterocycles. The Labute approximate surface area is 104 Å². The second-order valence-corrected chi connectivity index (χ2v) is 4.95. The molecule has 92 valence electrons. The van der Waals surface area contributed by atoms with E-state index in [0.29, 0.717) is 5.92 Å². The summed E-state index contributed by atoms with van der Waals surface area (Å²) in [6.07, 6.45) is 4.41. The van der Waals surface area contributed by atoms with Crippen LogP contribution < -0.4 is 0 Å². The van der Waals surface area contributed by atoms with E-state index in [1.54, 1.807) is 0 Å². The molecule has 1 N–H and O–H groups in total. The number of nitrogens with zero attached hydrogens (tertiary/aromatic N) is 1. The Morgan fingerprint density at radius 3 is 2.82 bits per heavy atom. The molecule has 2 heteroatoms. The first-order valence-corrected chi connectivity index (χ1v) is 6.55. The minimum Gasteiger partial charge on any atom is -0.389 e. The summed E-state index contributed by atoms with van der Waals surface area (Å²) < 4.78 is 2.32. The van der Waals surface area contributed by atoms with Crippen LogP contribution in [-0.4, -0.2) is 35.1 Å². The van der Waals surface area contributed by atoms with E-state index in [2.05, 4.69) is 48.9 Å². The molecular weight excluding hydrogens is 210 g/mol. The van der Waals surface area contributed by atoms with Crippen molar-refractivity contribution in [2.45, 2.75) is 32.7 Å². The summed E-state index contributed by atoms with van der Waals surface area (Å²) in [5, 5.41) is 9.57. The largest absolute Gasteiger partial charge is 0.389 e. The third-order valence-electron chi connectivity index (χ3n) is 3.91. The van der Waals surface area contributed by atoms with Crippen molar-refractivity contribution < 1.29 is 9.68 Å². The average Bonchev–Trinajstić information content (AvgIpc) is 2.39. The molecule has 1 aliphatic heterocycles. The third-order valence-corrected chi connectivity index (χ3v) is 3.91. The van der Waals surface area contributed by atoms with E-state index in [9.17, 15) is 5.11 Å². The monoisotopic (exact) mass is 232 g/mol. The highest BCUT2D eigenvalue weighted by Gasteiger charge is 2.28. The van der Waals surface area contributed by atoms with E-state index in [4.69, 9.17) is 0 Å². The van der Waals surface area contributed by atoms with Gasteiger partial charge in [0, 0.05) is 17.9 Å². The standard InChI is InChI=1S/C15H22NO/c1-3-12(2)15(11-17)16-9-8-13-6-4-5-7-14(13)10-16/h4-7,10,12,15,17H,3,8-9,11H2,1-2H3/q+1/t12-,15+/m0/s1. The Bertz CT molecular complexity index is 411. The lowest BCUT2D eigenvalue weighted by Crippen LogP contribution is -2.39. The van der Waals surface area contributed by atoms with E-state index in [-0.39, 0.29) is 12.6 Å². The zero-order chi connectivity index (χ0) is 12.3. The molecule has 0 aliphatic carbocycles. The van der Waals surface area contributed by atoms with E-state index in [0.717, 1.165) is 19.4 Å². The van der Waals surface area contributed by atoms with Crippen LogP contribution in [0, 0.1) is 5.92 Å². The summed E-state index contributed by atoms with van der Waals surface area (Å²) in [6.45, 7) is 5.67. The minimum absolute atomic E-state index is 0.244. The molecule has 0 unspecified atom stereocenters. The summed E-state index contributed by atoms with van der Waals surface area (Å²) in [7, 11) is 0. The van der Waals surface area contributed by atoms with Crippen LogP contribution in [-0.2, 0) is 6.42 Å². The second kappa shape index (κ2) is 5.46. The average molecular weight is 232 g/mol. The molecule has 2 rings (SSSR count). The van der Waals surface area contributed by atoms with Gasteiger partial charge in [-0.3, -0.25) is 0 Å². The molecule has 0 spiro atoms. The van der Waals surface area contributed by atoms with Crippen LogP contribution >= 0.6 is 0 Å². The van der Waals surface area contributed by atoms with Crippen LogP contribution in [0.3, 0.4) is 0 Å². The maximum atomic E-state index is 9.57. The highest BCUT2D eigenvalue weighted by molar-refractivity contribution is 5.78. The number of benzene rings is 1. The van der Waals surface area contributed by atoms with Gasteiger partial charge in [0.1, 0.15) is 13.2 Å². The van der Waals surface area contributed by atoms with Gasteiger partial charge in [0.25, 0.3) is 0 Å². The van der Waals surface area contributed by atoms with E-state index >= 15 is 0 Å². The lowest BCUT2D eigenvalue weighted by Gasteiger charge is -2.22. The molecule has 0 fully saturated rings. The molecule has 0 saturated carbocycles. The van der Waals surface area contributed by atoms with Gasteiger partial charge < -0.3 is 5.11 Å². The lowest BCUT2D eigenvalue weighted by molar-refractivity contribution is -0.573. The van der Waals surface area contributed by atoms with Crippen molar-refractivity contribution in [3.63, 3.8) is 0 Å². The molecule has 1 aromatic carbocycles. The minimum atomic E-state index is 0.244. The highest BCUT2D eigenvalue weighted by atomic mass is 16.3. The predicted octanol–water partition coefficient (Wildman–Crippen LogP) is 2.08. The number of hydrogen-bond donors (Lipinski definition) is 1. The van der Waals surface area contributed by atoms with Crippen molar-refractivity contribution in [1.82, 2.24) is 0 Å². The maximum Gasteiger partial charge on any atom is 0.178 e. The maximum absolute atomic E-state index is 9.57. The molecule has 0 radical (unpaired) electrons. The molecule has 2 atom stereocenters. The summed E-state index contributed by atoms with van der Waals surface area (Å²) in [5.74, 6) is 0.529. The topological polar surface area (TPSA) is 23.2 Å². The van der Waals surface area contributed by atoms with Gasteiger partial charge in [0.2, 0.25) is 0 Å². The van der Waals surface area contributed by atoms with Crippen LogP contribution in [0.5, 0.6) is 0 Å². The van der Waals surface area contributed by atoms with Crippen molar-refractivity contribution in [2.24, 2.45) is 5.92 Å². The van der Waals surface area contributed by atoms with Crippen molar-refractivity contribution in [2.75, 3.05) is 13.2 Å². The number of fused-ring (bicyclic) bond motifs is 1. The molecule has 2 nitrogen and oxygen atoms in total. The van der Waals surface area contributed by atoms with Crippen LogP contribution in [0.15, 0.2) is 24.3 Å². The van der Waals surface area contributed by atoms with Crippen molar-refractivity contribution >= 4 is 6.21 Å². The summed E-state index contributed by atoms with van der Waals surface area (Å²) in [6, 6.07) is 8.79. The fourth-order valence-corrected chi connectivity index (χ4v) is 2.53. The van der Waals surface area contributed by atoms with Crippen molar-refractivity contribution in [3.8, 4) is 0 Å². The van der Waals surface area contributed by atoms with Gasteiger partial charge in [0.05, 0.1) is 0 Å². The van der Waals surface area contributed by atoms with Crippen molar-refractivity contribution in [1.29, 1.82) is 0 Å². The van der Waals surface area contributed by atoms with Gasteiger partial charge in [-0.2, -0.15) is 0 Å². The van der Waals surface area contributed by atoms with Crippen LogP contribution in [0.2, 0.25) is 0 Å². The second-order valence-electron chi connectivity index (χ2n) is 4.95. The van der Waals surface area contributed by atoms with Gasteiger partial charge in [-0.05, 0) is 18.1 Å². The first-order valence-electron chi connectivity index (χ1n) is 6.55. The summed E-state index contributed by atoms with van der Waals surface area (Å²) in [5.41, 5.74) is 2.73. The quantitative estimate of drug-likeness (QED) is 0.789. The Kier molecular flexibility index (Phi) is 3.95. The summed E-state index contributed by atoms with van der Waals surface area (Å²) in [4.78, 5) is 0. The zero-order valence-corrected chi connectivity index (χ0v) is 10.8. The van der Waals surface area contributed by atoms with Gasteiger partial charge in [-0.25, -0.2) is 4.58 Å². The fraction of sp³-hybridized carbons (Fsp3) is 0.533. The van der Waals surface area contributed by atoms with Gasteiger partial charge in [-0.15, -0.1) is 0 Å². The predicted molar refractivity (Wildman–Crippen MR) is 70.8 cm³/mol. The van der Waals surface area contributed by atoms with Gasteiger partial charge >= 0.3 is 0 Å². The van der Waals surface area contributed by atoms with Crippen molar-refractivity contribution in [3.05, 3.63) is 35.4 Å². The molecule has 0 saturated heterocycles. The first-order chi connectivity index (χ1) is 8.26. The van der Waals surface area contributed by atoms with Gasteiger partial charge in [0.15, 0.2) is 12.3 Å². The number of aliphatic hydroxyl groups excluding tert-OH is 1. The smallest absolute Gasteiger partial charge is 0.178 e. The molecule has 0 aromatic heterocycles. The van der Waals surface area contributed by atoms with E-state index < -0.39 is 0 Å². The molecular formula is C15H22NO+. The Hall–Kier alpha value is -1.15. The Morgan fingerprint density at radius 1 is 1.35 bits per heavy atom. The van der Waals surface area contributed by atoms with Crippen LogP contribution in [0.25, 0.3) is 0 Å². The first kappa shape index (κ1) is 12.3. The number of rotatable bonds is 4. The molecule has 0 amide bonds. The number of aliphatic hydroxyl groups is 1. The van der Waals surface area contributed by atoms with Crippen LogP contribution in [0.1, 0.15) is 31.4 Å². The summed E-state index contributed by atoms with van der Waals surface area (Å²) >= 11 is 0. The number of hydrogen-bond acceptors (Lipinski definition) is 1. The normalized spacial score (nSPS) is 18.2. The molecule has 17 heavy (non-hydrogen) atoms. The molecule has 1 aliphatic rings. The third kappa shape index (κ3) is 2.58. The highest BCUT2D eigenvalue weighted by Crippen LogP contribution is 2.16. The Balaban J connectivity index is 2.26. The zero-order valence-electron chi connectivity index (χ0n) is 10.8. The van der Waals surface area contributed by atoms with E-state index in [1.807, 2.05) is 0 Å². The molecule has 1 aromatic rings. The van der Waals surface area contributed by atoms with E-state index in [1.165, 1.54) is 11.1 Å². The Morgan fingerprint density at radius 2 is 2.12 bits per heavy atom. The van der Waals surface area contributed by atoms with Crippen LogP contribution in [0.4, 0.5) is 0 Å². The van der Waals surface area contributed by atoms with Gasteiger partial charge in [-0.1, -0.05) is 32.0 Å². The molecule has 0 bridgehead atoms. The fourth-order valence-electron chi connectivity index (χ4n) is 2.53. The SMILES string of the molecule is CC[C@H](C)[C@@H](CO)[N+]1=Cc2ccccc2CC1.